The van der Waals surface area contributed by atoms with Crippen LogP contribution in [0.3, 0.4) is 0 Å². The Morgan fingerprint density at radius 3 is 2.36 bits per heavy atom. The summed E-state index contributed by atoms with van der Waals surface area (Å²) in [7, 11) is -3.16. The molecule has 7 heteroatoms. The molecule has 28 heavy (non-hydrogen) atoms. The lowest BCUT2D eigenvalue weighted by Crippen LogP contribution is -2.43. The average Bonchev–Trinajstić information content (AvgIpc) is 3.02. The van der Waals surface area contributed by atoms with Gasteiger partial charge in [-0.15, -0.1) is 0 Å². The Labute approximate surface area is 165 Å². The number of rotatable bonds is 6. The Balaban J connectivity index is 1.66. The van der Waals surface area contributed by atoms with Gasteiger partial charge in [-0.05, 0) is 31.0 Å². The van der Waals surface area contributed by atoms with E-state index < -0.39 is 34.4 Å². The monoisotopic (exact) mass is 401 g/mol. The Hall–Kier alpha value is -2.67. The third kappa shape index (κ3) is 5.19. The van der Waals surface area contributed by atoms with Gasteiger partial charge in [0.25, 0.3) is 5.91 Å². The van der Waals surface area contributed by atoms with Crippen molar-refractivity contribution in [3.8, 4) is 0 Å². The van der Waals surface area contributed by atoms with E-state index in [4.69, 9.17) is 4.74 Å². The maximum Gasteiger partial charge on any atom is 0.310 e. The Bertz CT molecular complexity index is 939. The predicted molar refractivity (Wildman–Crippen MR) is 107 cm³/mol. The predicted octanol–water partition coefficient (Wildman–Crippen LogP) is 2.30. The highest BCUT2D eigenvalue weighted by Crippen LogP contribution is 2.24. The Kier molecular flexibility index (Phi) is 6.14. The number of ether oxygens (including phenoxy) is 1. The number of anilines is 1. The number of amides is 1. The van der Waals surface area contributed by atoms with Crippen LogP contribution in [0.2, 0.25) is 0 Å². The molecule has 0 bridgehead atoms. The fourth-order valence-corrected chi connectivity index (χ4v) is 4.96. The molecule has 1 fully saturated rings. The standard InChI is InChI=1S/C21H23NO5S/c1-16-7-9-17(10-8-16)13-21(24)27-14-20(23)22(18-5-3-2-4-6-18)19-11-12-28(25,26)15-19/h2-10,19H,11-15H2,1H3/t19-/m1/s1. The molecule has 2 aromatic carbocycles. The van der Waals surface area contributed by atoms with Crippen molar-refractivity contribution in [2.24, 2.45) is 0 Å². The number of aryl methyl sites for hydroxylation is 1. The minimum Gasteiger partial charge on any atom is -0.455 e. The highest BCUT2D eigenvalue weighted by Gasteiger charge is 2.35. The van der Waals surface area contributed by atoms with Gasteiger partial charge in [0.1, 0.15) is 0 Å². The van der Waals surface area contributed by atoms with Crippen molar-refractivity contribution in [3.63, 3.8) is 0 Å². The van der Waals surface area contributed by atoms with Gasteiger partial charge in [-0.3, -0.25) is 9.59 Å². The maximum absolute atomic E-state index is 12.8. The lowest BCUT2D eigenvalue weighted by atomic mass is 10.1. The molecular formula is C21H23NO5S. The number of esters is 1. The topological polar surface area (TPSA) is 80.8 Å². The summed E-state index contributed by atoms with van der Waals surface area (Å²) in [5.41, 5.74) is 2.51. The maximum atomic E-state index is 12.8. The van der Waals surface area contributed by atoms with E-state index in [1.807, 2.05) is 37.3 Å². The van der Waals surface area contributed by atoms with Gasteiger partial charge in [0.05, 0.1) is 24.0 Å². The summed E-state index contributed by atoms with van der Waals surface area (Å²) in [5, 5.41) is 0. The second kappa shape index (κ2) is 8.56. The van der Waals surface area contributed by atoms with Crippen LogP contribution in [0.15, 0.2) is 54.6 Å². The van der Waals surface area contributed by atoms with Crippen LogP contribution in [0.25, 0.3) is 0 Å². The molecule has 0 N–H and O–H groups in total. The number of para-hydroxylation sites is 1. The smallest absolute Gasteiger partial charge is 0.310 e. The average molecular weight is 401 g/mol. The molecule has 0 aliphatic carbocycles. The van der Waals surface area contributed by atoms with Crippen molar-refractivity contribution in [1.82, 2.24) is 0 Å². The van der Waals surface area contributed by atoms with E-state index in [1.165, 1.54) is 4.90 Å². The molecule has 0 unspecified atom stereocenters. The second-order valence-electron chi connectivity index (χ2n) is 6.98. The number of hydrogen-bond donors (Lipinski definition) is 0. The fraction of sp³-hybridized carbons (Fsp3) is 0.333. The van der Waals surface area contributed by atoms with Gasteiger partial charge in [0.15, 0.2) is 16.4 Å². The first kappa shape index (κ1) is 20.1. The molecule has 1 atom stereocenters. The number of nitrogens with zero attached hydrogens (tertiary/aromatic N) is 1. The summed E-state index contributed by atoms with van der Waals surface area (Å²) in [5.74, 6) is -0.943. The number of carbonyl (C=O) groups excluding carboxylic acids is 2. The van der Waals surface area contributed by atoms with Crippen molar-refractivity contribution in [3.05, 3.63) is 65.7 Å². The van der Waals surface area contributed by atoms with Crippen LogP contribution >= 0.6 is 0 Å². The van der Waals surface area contributed by atoms with E-state index in [0.29, 0.717) is 12.1 Å². The van der Waals surface area contributed by atoms with E-state index in [0.717, 1.165) is 11.1 Å². The van der Waals surface area contributed by atoms with Crippen LogP contribution in [0.5, 0.6) is 0 Å². The third-order valence-electron chi connectivity index (χ3n) is 4.70. The molecule has 0 spiro atoms. The van der Waals surface area contributed by atoms with Gasteiger partial charge in [0, 0.05) is 5.69 Å². The molecule has 3 rings (SSSR count). The summed E-state index contributed by atoms with van der Waals surface area (Å²) in [6.07, 6.45) is 0.455. The Morgan fingerprint density at radius 1 is 1.07 bits per heavy atom. The molecule has 0 radical (unpaired) electrons. The molecule has 0 aromatic heterocycles. The van der Waals surface area contributed by atoms with Crippen molar-refractivity contribution in [2.75, 3.05) is 23.0 Å². The number of hydrogen-bond acceptors (Lipinski definition) is 5. The van der Waals surface area contributed by atoms with Gasteiger partial charge >= 0.3 is 5.97 Å². The summed E-state index contributed by atoms with van der Waals surface area (Å²) >= 11 is 0. The summed E-state index contributed by atoms with van der Waals surface area (Å²) in [6, 6.07) is 15.9. The van der Waals surface area contributed by atoms with Crippen molar-refractivity contribution in [1.29, 1.82) is 0 Å². The van der Waals surface area contributed by atoms with Crippen molar-refractivity contribution >= 4 is 27.4 Å². The zero-order chi connectivity index (χ0) is 20.1. The zero-order valence-corrected chi connectivity index (χ0v) is 16.5. The molecule has 1 aliphatic heterocycles. The molecule has 1 amide bonds. The quantitative estimate of drug-likeness (QED) is 0.694. The van der Waals surface area contributed by atoms with Crippen molar-refractivity contribution in [2.45, 2.75) is 25.8 Å². The lowest BCUT2D eigenvalue weighted by Gasteiger charge is -2.28. The summed E-state index contributed by atoms with van der Waals surface area (Å²) < 4.78 is 28.9. The van der Waals surface area contributed by atoms with E-state index in [9.17, 15) is 18.0 Å². The van der Waals surface area contributed by atoms with Gasteiger partial charge in [-0.25, -0.2) is 8.42 Å². The fourth-order valence-electron chi connectivity index (χ4n) is 3.26. The summed E-state index contributed by atoms with van der Waals surface area (Å²) in [6.45, 7) is 1.54. The van der Waals surface area contributed by atoms with Crippen LogP contribution in [0.1, 0.15) is 17.5 Å². The largest absolute Gasteiger partial charge is 0.455 e. The minimum atomic E-state index is -3.16. The van der Waals surface area contributed by atoms with E-state index in [2.05, 4.69) is 0 Å². The number of sulfone groups is 1. The summed E-state index contributed by atoms with van der Waals surface area (Å²) in [4.78, 5) is 26.3. The molecule has 2 aromatic rings. The van der Waals surface area contributed by atoms with E-state index in [-0.39, 0.29) is 17.9 Å². The molecule has 6 nitrogen and oxygen atoms in total. The van der Waals surface area contributed by atoms with E-state index >= 15 is 0 Å². The van der Waals surface area contributed by atoms with Gasteiger partial charge < -0.3 is 9.64 Å². The molecule has 1 heterocycles. The number of carbonyl (C=O) groups is 2. The van der Waals surface area contributed by atoms with Crippen LogP contribution in [0.4, 0.5) is 5.69 Å². The molecular weight excluding hydrogens is 378 g/mol. The van der Waals surface area contributed by atoms with E-state index in [1.54, 1.807) is 24.3 Å². The zero-order valence-electron chi connectivity index (χ0n) is 15.7. The first-order valence-corrected chi connectivity index (χ1v) is 10.9. The molecule has 1 aliphatic rings. The third-order valence-corrected chi connectivity index (χ3v) is 6.45. The first-order chi connectivity index (χ1) is 13.3. The van der Waals surface area contributed by atoms with Gasteiger partial charge in [0.2, 0.25) is 0 Å². The van der Waals surface area contributed by atoms with Crippen LogP contribution in [0, 0.1) is 6.92 Å². The number of benzene rings is 2. The van der Waals surface area contributed by atoms with Crippen LogP contribution in [-0.4, -0.2) is 44.4 Å². The SMILES string of the molecule is Cc1ccc(CC(=O)OCC(=O)N(c2ccccc2)[C@@H]2CCS(=O)(=O)C2)cc1. The molecule has 148 valence electrons. The second-order valence-corrected chi connectivity index (χ2v) is 9.21. The lowest BCUT2D eigenvalue weighted by molar-refractivity contribution is -0.147. The Morgan fingerprint density at radius 2 is 1.75 bits per heavy atom. The first-order valence-electron chi connectivity index (χ1n) is 9.13. The van der Waals surface area contributed by atoms with Gasteiger partial charge in [-0.1, -0.05) is 48.0 Å². The highest BCUT2D eigenvalue weighted by atomic mass is 32.2. The van der Waals surface area contributed by atoms with Crippen molar-refractivity contribution < 1.29 is 22.7 Å². The normalized spacial score (nSPS) is 17.8. The van der Waals surface area contributed by atoms with Gasteiger partial charge in [-0.2, -0.15) is 0 Å². The minimum absolute atomic E-state index is 0.0570. The highest BCUT2D eigenvalue weighted by molar-refractivity contribution is 7.91. The van der Waals surface area contributed by atoms with Crippen LogP contribution in [-0.2, 0) is 30.6 Å². The molecule has 0 saturated carbocycles. The van der Waals surface area contributed by atoms with Crippen LogP contribution < -0.4 is 4.90 Å². The molecule has 1 saturated heterocycles.